The van der Waals surface area contributed by atoms with Gasteiger partial charge in [-0.1, -0.05) is 15.9 Å². The molecule has 0 N–H and O–H groups in total. The van der Waals surface area contributed by atoms with Gasteiger partial charge in [-0.05, 0) is 23.8 Å². The number of carbonyl (C=O) groups is 2. The van der Waals surface area contributed by atoms with Crippen LogP contribution < -0.4 is 0 Å². The molecule has 1 aromatic rings. The molecule has 1 aromatic carbocycles. The summed E-state index contributed by atoms with van der Waals surface area (Å²) in [5, 5.41) is 0. The fourth-order valence-electron chi connectivity index (χ4n) is 1.96. The van der Waals surface area contributed by atoms with Crippen molar-refractivity contribution < 1.29 is 14.0 Å². The molecule has 0 bridgehead atoms. The Morgan fingerprint density at radius 3 is 2.67 bits per heavy atom. The van der Waals surface area contributed by atoms with Gasteiger partial charge in [0, 0.05) is 30.4 Å². The second kappa shape index (κ2) is 5.61. The first-order chi connectivity index (χ1) is 8.56. The van der Waals surface area contributed by atoms with Crippen molar-refractivity contribution in [3.05, 3.63) is 34.1 Å². The van der Waals surface area contributed by atoms with Gasteiger partial charge in [0.1, 0.15) is 11.6 Å². The van der Waals surface area contributed by atoms with E-state index < -0.39 is 0 Å². The Morgan fingerprint density at radius 1 is 1.33 bits per heavy atom. The highest BCUT2D eigenvalue weighted by Gasteiger charge is 2.21. The van der Waals surface area contributed by atoms with Crippen LogP contribution in [-0.4, -0.2) is 29.7 Å². The molecule has 0 unspecified atom stereocenters. The molecule has 0 saturated carbocycles. The average molecular weight is 314 g/mol. The molecule has 1 heterocycles. The van der Waals surface area contributed by atoms with Gasteiger partial charge in [-0.2, -0.15) is 0 Å². The molecule has 0 radical (unpaired) electrons. The molecule has 96 valence electrons. The number of ketones is 1. The van der Waals surface area contributed by atoms with Crippen molar-refractivity contribution >= 4 is 27.6 Å². The van der Waals surface area contributed by atoms with E-state index in [1.165, 1.54) is 6.07 Å². The number of Topliss-reactive ketones (excluding diaryl/α,β-unsaturated/α-hetero) is 1. The third-order valence-electron chi connectivity index (χ3n) is 3.02. The predicted molar refractivity (Wildman–Crippen MR) is 68.6 cm³/mol. The lowest BCUT2D eigenvalue weighted by atomic mass is 10.1. The van der Waals surface area contributed by atoms with Gasteiger partial charge >= 0.3 is 0 Å². The van der Waals surface area contributed by atoms with Crippen LogP contribution in [0.3, 0.4) is 0 Å². The molecule has 2 rings (SSSR count). The molecule has 1 aliphatic heterocycles. The minimum Gasteiger partial charge on any atom is -0.342 e. The molecule has 1 amide bonds. The Kier molecular flexibility index (Phi) is 4.11. The number of benzene rings is 1. The number of piperidine rings is 1. The fourth-order valence-corrected chi connectivity index (χ4v) is 2.37. The van der Waals surface area contributed by atoms with Crippen LogP contribution in [0.4, 0.5) is 4.39 Å². The first-order valence-electron chi connectivity index (χ1n) is 5.79. The summed E-state index contributed by atoms with van der Waals surface area (Å²) in [6.07, 6.45) is 0.860. The third kappa shape index (κ3) is 3.16. The van der Waals surface area contributed by atoms with Crippen molar-refractivity contribution in [1.29, 1.82) is 0 Å². The largest absolute Gasteiger partial charge is 0.342 e. The maximum atomic E-state index is 13.5. The second-order valence-corrected chi connectivity index (χ2v) is 5.25. The van der Waals surface area contributed by atoms with Crippen LogP contribution >= 0.6 is 15.9 Å². The molecule has 0 spiro atoms. The maximum absolute atomic E-state index is 13.5. The Labute approximate surface area is 113 Å². The summed E-state index contributed by atoms with van der Waals surface area (Å²) in [6, 6.07) is 4.55. The molecule has 1 saturated heterocycles. The average Bonchev–Trinajstić information content (AvgIpc) is 2.34. The Hall–Kier alpha value is -1.23. The van der Waals surface area contributed by atoms with Crippen molar-refractivity contribution in [2.45, 2.75) is 19.3 Å². The normalized spacial score (nSPS) is 15.9. The molecule has 0 aromatic heterocycles. The van der Waals surface area contributed by atoms with E-state index in [2.05, 4.69) is 15.9 Å². The first kappa shape index (κ1) is 13.2. The van der Waals surface area contributed by atoms with E-state index in [1.54, 1.807) is 17.0 Å². The molecule has 1 fully saturated rings. The van der Waals surface area contributed by atoms with Crippen LogP contribution in [0.15, 0.2) is 22.7 Å². The molecule has 0 atom stereocenters. The standard InChI is InChI=1S/C13H13BrFNO2/c14-10-1-2-12(15)9(7-10)8-13(18)16-5-3-11(17)4-6-16/h1-2,7H,3-6,8H2. The topological polar surface area (TPSA) is 37.4 Å². The minimum atomic E-state index is -0.375. The first-order valence-corrected chi connectivity index (χ1v) is 6.59. The minimum absolute atomic E-state index is 0.0411. The van der Waals surface area contributed by atoms with Gasteiger partial charge in [0.2, 0.25) is 5.91 Å². The van der Waals surface area contributed by atoms with E-state index in [0.29, 0.717) is 31.5 Å². The van der Waals surface area contributed by atoms with Crippen molar-refractivity contribution in [1.82, 2.24) is 4.90 Å². The summed E-state index contributed by atoms with van der Waals surface area (Å²) in [7, 11) is 0. The molecular weight excluding hydrogens is 301 g/mol. The number of hydrogen-bond acceptors (Lipinski definition) is 2. The van der Waals surface area contributed by atoms with Crippen LogP contribution in [0.1, 0.15) is 18.4 Å². The number of rotatable bonds is 2. The van der Waals surface area contributed by atoms with Gasteiger partial charge in [-0.15, -0.1) is 0 Å². The van der Waals surface area contributed by atoms with Crippen molar-refractivity contribution in [2.24, 2.45) is 0 Å². The predicted octanol–water partition coefficient (Wildman–Crippen LogP) is 2.32. The number of amides is 1. The number of halogens is 2. The Bertz CT molecular complexity index is 480. The summed E-state index contributed by atoms with van der Waals surface area (Å²) in [5.74, 6) is -0.313. The molecule has 1 aliphatic rings. The number of likely N-dealkylation sites (tertiary alicyclic amines) is 1. The van der Waals surface area contributed by atoms with Crippen LogP contribution in [-0.2, 0) is 16.0 Å². The van der Waals surface area contributed by atoms with Crippen LogP contribution in [0.5, 0.6) is 0 Å². The zero-order valence-electron chi connectivity index (χ0n) is 9.79. The van der Waals surface area contributed by atoms with Crippen LogP contribution in [0, 0.1) is 5.82 Å². The van der Waals surface area contributed by atoms with Gasteiger partial charge in [0.15, 0.2) is 0 Å². The monoisotopic (exact) mass is 313 g/mol. The van der Waals surface area contributed by atoms with E-state index in [9.17, 15) is 14.0 Å². The van der Waals surface area contributed by atoms with Crippen molar-refractivity contribution in [2.75, 3.05) is 13.1 Å². The highest BCUT2D eigenvalue weighted by atomic mass is 79.9. The van der Waals surface area contributed by atoms with E-state index in [-0.39, 0.29) is 23.9 Å². The van der Waals surface area contributed by atoms with Crippen molar-refractivity contribution in [3.8, 4) is 0 Å². The van der Waals surface area contributed by atoms with Crippen LogP contribution in [0.25, 0.3) is 0 Å². The SMILES string of the molecule is O=C1CCN(C(=O)Cc2cc(Br)ccc2F)CC1. The van der Waals surface area contributed by atoms with Gasteiger partial charge in [0.05, 0.1) is 6.42 Å². The molecule has 18 heavy (non-hydrogen) atoms. The van der Waals surface area contributed by atoms with Gasteiger partial charge in [-0.3, -0.25) is 9.59 Å². The quantitative estimate of drug-likeness (QED) is 0.840. The number of hydrogen-bond donors (Lipinski definition) is 0. The molecule has 0 aliphatic carbocycles. The van der Waals surface area contributed by atoms with Gasteiger partial charge in [-0.25, -0.2) is 4.39 Å². The van der Waals surface area contributed by atoms with E-state index >= 15 is 0 Å². The summed E-state index contributed by atoms with van der Waals surface area (Å²) in [4.78, 5) is 24.7. The highest BCUT2D eigenvalue weighted by Crippen LogP contribution is 2.17. The molecule has 5 heteroatoms. The van der Waals surface area contributed by atoms with Gasteiger partial charge < -0.3 is 4.90 Å². The summed E-state index contributed by atoms with van der Waals surface area (Å²) >= 11 is 3.25. The Balaban J connectivity index is 2.02. The highest BCUT2D eigenvalue weighted by molar-refractivity contribution is 9.10. The number of carbonyl (C=O) groups excluding carboxylic acids is 2. The zero-order valence-corrected chi connectivity index (χ0v) is 11.4. The molecule has 3 nitrogen and oxygen atoms in total. The summed E-state index contributed by atoms with van der Waals surface area (Å²) in [5.41, 5.74) is 0.381. The zero-order chi connectivity index (χ0) is 13.1. The van der Waals surface area contributed by atoms with Gasteiger partial charge in [0.25, 0.3) is 0 Å². The maximum Gasteiger partial charge on any atom is 0.227 e. The van der Waals surface area contributed by atoms with Crippen LogP contribution in [0.2, 0.25) is 0 Å². The second-order valence-electron chi connectivity index (χ2n) is 4.33. The third-order valence-corrected chi connectivity index (χ3v) is 3.52. The lowest BCUT2D eigenvalue weighted by Gasteiger charge is -2.26. The summed E-state index contributed by atoms with van der Waals surface area (Å²) < 4.78 is 14.3. The lowest BCUT2D eigenvalue weighted by molar-refractivity contribution is -0.133. The Morgan fingerprint density at radius 2 is 2.00 bits per heavy atom. The van der Waals surface area contributed by atoms with Crippen molar-refractivity contribution in [3.63, 3.8) is 0 Å². The molecular formula is C13H13BrFNO2. The lowest BCUT2D eigenvalue weighted by Crippen LogP contribution is -2.39. The van der Waals surface area contributed by atoms with E-state index in [1.807, 2.05) is 0 Å². The van der Waals surface area contributed by atoms with E-state index in [4.69, 9.17) is 0 Å². The fraction of sp³-hybridized carbons (Fsp3) is 0.385. The van der Waals surface area contributed by atoms with E-state index in [0.717, 1.165) is 4.47 Å². The number of nitrogens with zero attached hydrogens (tertiary/aromatic N) is 1. The summed E-state index contributed by atoms with van der Waals surface area (Å²) in [6.45, 7) is 0.903. The smallest absolute Gasteiger partial charge is 0.227 e.